The summed E-state index contributed by atoms with van der Waals surface area (Å²) in [5.74, 6) is 1.76. The van der Waals surface area contributed by atoms with E-state index in [0.717, 1.165) is 0 Å². The van der Waals surface area contributed by atoms with Crippen LogP contribution in [0.4, 0.5) is 17.5 Å². The number of hydrogen-bond acceptors (Lipinski definition) is 7. The van der Waals surface area contributed by atoms with Crippen molar-refractivity contribution in [2.45, 2.75) is 11.8 Å². The van der Waals surface area contributed by atoms with Crippen LogP contribution in [0.25, 0.3) is 0 Å². The highest BCUT2D eigenvalue weighted by Gasteiger charge is 2.17. The molecular formula is C18H19ClN6O2S. The summed E-state index contributed by atoms with van der Waals surface area (Å²) >= 11 is 6.00. The number of hydrogen-bond donors (Lipinski definition) is 3. The lowest BCUT2D eigenvalue weighted by Crippen LogP contribution is -2.29. The standard InChI is InChI=1S/C18H19ClN6O2S/c1-13-14(19)5-4-6-15(13)28(26,27)22-12-11-21-17-8-9-18(25-24-17)23-16-7-2-3-10-20-16/h2-10,22H,11-12H2,1H3,(H,21,24)(H,20,23,25). The number of rotatable bonds is 8. The van der Waals surface area contributed by atoms with E-state index in [4.69, 9.17) is 11.6 Å². The third kappa shape index (κ3) is 5.16. The number of halogens is 1. The van der Waals surface area contributed by atoms with Gasteiger partial charge in [0.1, 0.15) is 11.6 Å². The monoisotopic (exact) mass is 418 g/mol. The molecule has 0 bridgehead atoms. The van der Waals surface area contributed by atoms with E-state index in [2.05, 4.69) is 30.5 Å². The largest absolute Gasteiger partial charge is 0.367 e. The van der Waals surface area contributed by atoms with Crippen molar-refractivity contribution >= 4 is 39.1 Å². The third-order valence-corrected chi connectivity index (χ3v) is 5.83. The number of aromatic nitrogens is 3. The van der Waals surface area contributed by atoms with Crippen LogP contribution in [0.3, 0.4) is 0 Å². The van der Waals surface area contributed by atoms with Gasteiger partial charge in [0.15, 0.2) is 5.82 Å². The molecule has 0 amide bonds. The Morgan fingerprint density at radius 1 is 0.929 bits per heavy atom. The zero-order valence-corrected chi connectivity index (χ0v) is 16.6. The minimum absolute atomic E-state index is 0.171. The lowest BCUT2D eigenvalue weighted by atomic mass is 10.2. The van der Waals surface area contributed by atoms with Crippen molar-refractivity contribution in [2.75, 3.05) is 23.7 Å². The summed E-state index contributed by atoms with van der Waals surface area (Å²) in [7, 11) is -3.64. The molecule has 2 aromatic heterocycles. The Balaban J connectivity index is 1.50. The molecule has 0 atom stereocenters. The van der Waals surface area contributed by atoms with Crippen molar-refractivity contribution in [1.29, 1.82) is 0 Å². The van der Waals surface area contributed by atoms with Crippen molar-refractivity contribution in [3.05, 3.63) is 65.3 Å². The second kappa shape index (κ2) is 8.96. The fourth-order valence-corrected chi connectivity index (χ4v) is 3.92. The summed E-state index contributed by atoms with van der Waals surface area (Å²) in [6.45, 7) is 2.20. The van der Waals surface area contributed by atoms with Gasteiger partial charge in [-0.1, -0.05) is 23.7 Å². The van der Waals surface area contributed by atoms with Crippen LogP contribution in [-0.2, 0) is 10.0 Å². The van der Waals surface area contributed by atoms with Crippen molar-refractivity contribution in [3.63, 3.8) is 0 Å². The summed E-state index contributed by atoms with van der Waals surface area (Å²) in [5.41, 5.74) is 0.520. The highest BCUT2D eigenvalue weighted by atomic mass is 35.5. The van der Waals surface area contributed by atoms with Gasteiger partial charge in [0.2, 0.25) is 10.0 Å². The van der Waals surface area contributed by atoms with Crippen LogP contribution in [0.15, 0.2) is 59.6 Å². The van der Waals surface area contributed by atoms with E-state index in [1.54, 1.807) is 37.4 Å². The molecular weight excluding hydrogens is 400 g/mol. The minimum atomic E-state index is -3.64. The van der Waals surface area contributed by atoms with Gasteiger partial charge in [-0.2, -0.15) is 0 Å². The molecule has 0 spiro atoms. The Hall–Kier alpha value is -2.75. The Bertz CT molecular complexity index is 1030. The molecule has 3 N–H and O–H groups in total. The second-order valence-electron chi connectivity index (χ2n) is 5.83. The van der Waals surface area contributed by atoms with E-state index >= 15 is 0 Å². The summed E-state index contributed by atoms with van der Waals surface area (Å²) in [4.78, 5) is 4.32. The van der Waals surface area contributed by atoms with Gasteiger partial charge in [0.05, 0.1) is 4.90 Å². The molecule has 0 aliphatic rings. The normalized spacial score (nSPS) is 11.2. The number of nitrogens with zero attached hydrogens (tertiary/aromatic N) is 3. The number of sulfonamides is 1. The van der Waals surface area contributed by atoms with E-state index in [-0.39, 0.29) is 11.4 Å². The Morgan fingerprint density at radius 3 is 2.43 bits per heavy atom. The molecule has 2 heterocycles. The lowest BCUT2D eigenvalue weighted by molar-refractivity contribution is 0.582. The van der Waals surface area contributed by atoms with Gasteiger partial charge in [-0.15, -0.1) is 10.2 Å². The average molecular weight is 419 g/mol. The Labute approximate surface area is 168 Å². The first-order valence-electron chi connectivity index (χ1n) is 8.46. The first-order valence-corrected chi connectivity index (χ1v) is 10.3. The molecule has 0 radical (unpaired) electrons. The highest BCUT2D eigenvalue weighted by Crippen LogP contribution is 2.22. The molecule has 28 heavy (non-hydrogen) atoms. The molecule has 0 saturated heterocycles. The highest BCUT2D eigenvalue weighted by molar-refractivity contribution is 7.89. The first kappa shape index (κ1) is 20.0. The number of pyridine rings is 1. The minimum Gasteiger partial charge on any atom is -0.367 e. The molecule has 1 aromatic carbocycles. The molecule has 0 unspecified atom stereocenters. The second-order valence-corrected chi connectivity index (χ2v) is 7.97. The van der Waals surface area contributed by atoms with E-state index in [9.17, 15) is 8.42 Å². The predicted molar refractivity (Wildman–Crippen MR) is 109 cm³/mol. The topological polar surface area (TPSA) is 109 Å². The average Bonchev–Trinajstić information content (AvgIpc) is 2.69. The van der Waals surface area contributed by atoms with E-state index in [1.165, 1.54) is 6.07 Å². The SMILES string of the molecule is Cc1c(Cl)cccc1S(=O)(=O)NCCNc1ccc(Nc2ccccn2)nn1. The molecule has 146 valence electrons. The van der Waals surface area contributed by atoms with Crippen molar-refractivity contribution in [1.82, 2.24) is 19.9 Å². The van der Waals surface area contributed by atoms with Crippen molar-refractivity contribution in [2.24, 2.45) is 0 Å². The molecule has 3 rings (SSSR count). The third-order valence-electron chi connectivity index (χ3n) is 3.82. The molecule has 10 heteroatoms. The van der Waals surface area contributed by atoms with Gasteiger partial charge in [0, 0.05) is 24.3 Å². The Kier molecular flexibility index (Phi) is 6.40. The van der Waals surface area contributed by atoms with Crippen LogP contribution >= 0.6 is 11.6 Å². The lowest BCUT2D eigenvalue weighted by Gasteiger charge is -2.11. The van der Waals surface area contributed by atoms with Gasteiger partial charge in [-0.25, -0.2) is 18.1 Å². The molecule has 8 nitrogen and oxygen atoms in total. The van der Waals surface area contributed by atoms with E-state index < -0.39 is 10.0 Å². The molecule has 0 aliphatic heterocycles. The van der Waals surface area contributed by atoms with Gasteiger partial charge in [0.25, 0.3) is 0 Å². The number of benzene rings is 1. The fraction of sp³-hybridized carbons (Fsp3) is 0.167. The predicted octanol–water partition coefficient (Wildman–Crippen LogP) is 2.97. The van der Waals surface area contributed by atoms with Crippen molar-refractivity contribution in [3.8, 4) is 0 Å². The maximum atomic E-state index is 12.4. The summed E-state index contributed by atoms with van der Waals surface area (Å²) in [6, 6.07) is 13.8. The first-order chi connectivity index (χ1) is 13.5. The molecule has 0 saturated carbocycles. The molecule has 0 fully saturated rings. The molecule has 0 aliphatic carbocycles. The van der Waals surface area contributed by atoms with Gasteiger partial charge >= 0.3 is 0 Å². The number of anilines is 3. The summed E-state index contributed by atoms with van der Waals surface area (Å²) in [5, 5.41) is 14.6. The smallest absolute Gasteiger partial charge is 0.240 e. The number of nitrogens with one attached hydrogen (secondary N) is 3. The van der Waals surface area contributed by atoms with E-state index in [1.807, 2.05) is 18.2 Å². The fourth-order valence-electron chi connectivity index (χ4n) is 2.39. The zero-order chi connectivity index (χ0) is 20.0. The maximum absolute atomic E-state index is 12.4. The summed E-state index contributed by atoms with van der Waals surface area (Å²) in [6.07, 6.45) is 1.68. The summed E-state index contributed by atoms with van der Waals surface area (Å²) < 4.78 is 27.3. The Morgan fingerprint density at radius 2 is 1.71 bits per heavy atom. The van der Waals surface area contributed by atoms with Gasteiger partial charge in [-0.3, -0.25) is 0 Å². The van der Waals surface area contributed by atoms with Crippen LogP contribution in [0, 0.1) is 6.92 Å². The van der Waals surface area contributed by atoms with Crippen LogP contribution < -0.4 is 15.4 Å². The molecule has 3 aromatic rings. The van der Waals surface area contributed by atoms with Gasteiger partial charge < -0.3 is 10.6 Å². The van der Waals surface area contributed by atoms with Crippen molar-refractivity contribution < 1.29 is 8.42 Å². The van der Waals surface area contributed by atoms with Crippen LogP contribution in [0.5, 0.6) is 0 Å². The quantitative estimate of drug-likeness (QED) is 0.482. The van der Waals surface area contributed by atoms with Crippen LogP contribution in [0.2, 0.25) is 5.02 Å². The van der Waals surface area contributed by atoms with Gasteiger partial charge in [-0.05, 0) is 48.9 Å². The van der Waals surface area contributed by atoms with E-state index in [0.29, 0.717) is 34.6 Å². The zero-order valence-electron chi connectivity index (χ0n) is 15.1. The van der Waals surface area contributed by atoms with Crippen LogP contribution in [-0.4, -0.2) is 36.7 Å². The van der Waals surface area contributed by atoms with Crippen LogP contribution in [0.1, 0.15) is 5.56 Å². The maximum Gasteiger partial charge on any atom is 0.240 e.